The Balaban J connectivity index is 2.03. The summed E-state index contributed by atoms with van der Waals surface area (Å²) in [5, 5.41) is 0. The molecule has 0 fully saturated rings. The summed E-state index contributed by atoms with van der Waals surface area (Å²) in [6, 6.07) is 13.3. The summed E-state index contributed by atoms with van der Waals surface area (Å²) >= 11 is 0. The lowest BCUT2D eigenvalue weighted by molar-refractivity contribution is 0.607. The minimum absolute atomic E-state index is 0.116. The summed E-state index contributed by atoms with van der Waals surface area (Å²) in [6.07, 6.45) is 1.74. The molecule has 0 radical (unpaired) electrons. The van der Waals surface area contributed by atoms with Crippen LogP contribution >= 0.6 is 0 Å². The molecule has 0 aliphatic heterocycles. The minimum Gasteiger partial charge on any atom is -0.324 e. The van der Waals surface area contributed by atoms with Gasteiger partial charge in [0.25, 0.3) is 0 Å². The fourth-order valence-corrected chi connectivity index (χ4v) is 2.34. The zero-order valence-corrected chi connectivity index (χ0v) is 11.5. The standard InChI is InChI=1S/C17H20FN/c1-12-4-3-5-14(8-12)6-7-17(19)15-9-13(2)10-16(18)11-15/h3-5,8-11,17H,6-7,19H2,1-2H3. The smallest absolute Gasteiger partial charge is 0.123 e. The summed E-state index contributed by atoms with van der Waals surface area (Å²) in [5.74, 6) is -0.207. The van der Waals surface area contributed by atoms with Crippen LogP contribution in [0.25, 0.3) is 0 Å². The van der Waals surface area contributed by atoms with Crippen molar-refractivity contribution in [1.29, 1.82) is 0 Å². The number of benzene rings is 2. The van der Waals surface area contributed by atoms with E-state index in [2.05, 4.69) is 31.2 Å². The van der Waals surface area contributed by atoms with Crippen LogP contribution in [0.1, 0.15) is 34.7 Å². The monoisotopic (exact) mass is 257 g/mol. The highest BCUT2D eigenvalue weighted by Crippen LogP contribution is 2.19. The first-order valence-corrected chi connectivity index (χ1v) is 6.63. The third-order valence-electron chi connectivity index (χ3n) is 3.32. The van der Waals surface area contributed by atoms with E-state index in [1.54, 1.807) is 0 Å². The quantitative estimate of drug-likeness (QED) is 0.877. The summed E-state index contributed by atoms with van der Waals surface area (Å²) < 4.78 is 13.3. The van der Waals surface area contributed by atoms with E-state index in [9.17, 15) is 4.39 Å². The van der Waals surface area contributed by atoms with Crippen LogP contribution in [-0.2, 0) is 6.42 Å². The maximum absolute atomic E-state index is 13.3. The molecule has 0 aliphatic carbocycles. The molecule has 2 N–H and O–H groups in total. The van der Waals surface area contributed by atoms with Gasteiger partial charge in [0.15, 0.2) is 0 Å². The minimum atomic E-state index is -0.207. The number of hydrogen-bond acceptors (Lipinski definition) is 1. The highest BCUT2D eigenvalue weighted by molar-refractivity contribution is 5.27. The lowest BCUT2D eigenvalue weighted by atomic mass is 9.98. The average molecular weight is 257 g/mol. The van der Waals surface area contributed by atoms with Crippen LogP contribution in [0.5, 0.6) is 0 Å². The second-order valence-corrected chi connectivity index (χ2v) is 5.20. The van der Waals surface area contributed by atoms with E-state index in [0.717, 1.165) is 24.0 Å². The molecular weight excluding hydrogens is 237 g/mol. The fourth-order valence-electron chi connectivity index (χ4n) is 2.34. The normalized spacial score (nSPS) is 12.4. The molecule has 100 valence electrons. The summed E-state index contributed by atoms with van der Waals surface area (Å²) in [5.41, 5.74) is 10.5. The average Bonchev–Trinajstić information content (AvgIpc) is 2.35. The summed E-state index contributed by atoms with van der Waals surface area (Å²) in [4.78, 5) is 0. The van der Waals surface area contributed by atoms with E-state index in [1.807, 2.05) is 13.0 Å². The van der Waals surface area contributed by atoms with Gasteiger partial charge in [-0.05, 0) is 55.5 Å². The topological polar surface area (TPSA) is 26.0 Å². The Bertz CT molecular complexity index is 543. The van der Waals surface area contributed by atoms with E-state index in [4.69, 9.17) is 5.73 Å². The third-order valence-corrected chi connectivity index (χ3v) is 3.32. The third kappa shape index (κ3) is 3.90. The highest BCUT2D eigenvalue weighted by Gasteiger charge is 2.08. The summed E-state index contributed by atoms with van der Waals surface area (Å²) in [6.45, 7) is 3.97. The molecule has 19 heavy (non-hydrogen) atoms. The van der Waals surface area contributed by atoms with Crippen LogP contribution in [0, 0.1) is 19.7 Å². The molecule has 1 atom stereocenters. The van der Waals surface area contributed by atoms with Gasteiger partial charge >= 0.3 is 0 Å². The van der Waals surface area contributed by atoms with Gasteiger partial charge in [-0.15, -0.1) is 0 Å². The molecule has 1 nitrogen and oxygen atoms in total. The van der Waals surface area contributed by atoms with Crippen molar-refractivity contribution in [3.05, 3.63) is 70.5 Å². The maximum Gasteiger partial charge on any atom is 0.123 e. The maximum atomic E-state index is 13.3. The SMILES string of the molecule is Cc1cccc(CCC(N)c2cc(C)cc(F)c2)c1. The first kappa shape index (κ1) is 13.8. The van der Waals surface area contributed by atoms with E-state index in [1.165, 1.54) is 23.3 Å². The van der Waals surface area contributed by atoms with Crippen LogP contribution in [-0.4, -0.2) is 0 Å². The number of hydrogen-bond donors (Lipinski definition) is 1. The van der Waals surface area contributed by atoms with Gasteiger partial charge in [-0.3, -0.25) is 0 Å². The number of aryl methyl sites for hydroxylation is 3. The molecule has 0 saturated carbocycles. The van der Waals surface area contributed by atoms with Crippen molar-refractivity contribution >= 4 is 0 Å². The zero-order chi connectivity index (χ0) is 13.8. The Morgan fingerprint density at radius 1 is 1.05 bits per heavy atom. The van der Waals surface area contributed by atoms with E-state index < -0.39 is 0 Å². The number of nitrogens with two attached hydrogens (primary N) is 1. The Morgan fingerprint density at radius 3 is 2.53 bits per heavy atom. The Kier molecular flexibility index (Phi) is 4.33. The van der Waals surface area contributed by atoms with Crippen LogP contribution in [0.4, 0.5) is 4.39 Å². The number of halogens is 1. The lowest BCUT2D eigenvalue weighted by Gasteiger charge is -2.13. The second kappa shape index (κ2) is 5.98. The molecule has 2 aromatic rings. The van der Waals surface area contributed by atoms with Gasteiger partial charge in [0.2, 0.25) is 0 Å². The predicted octanol–water partition coefficient (Wildman–Crippen LogP) is 4.08. The van der Waals surface area contributed by atoms with Gasteiger partial charge in [-0.25, -0.2) is 4.39 Å². The van der Waals surface area contributed by atoms with Gasteiger partial charge in [0.05, 0.1) is 0 Å². The molecule has 0 amide bonds. The molecular formula is C17H20FN. The molecule has 1 unspecified atom stereocenters. The fraction of sp³-hybridized carbons (Fsp3) is 0.294. The molecule has 0 spiro atoms. The zero-order valence-electron chi connectivity index (χ0n) is 11.5. The van der Waals surface area contributed by atoms with Crippen molar-refractivity contribution in [3.8, 4) is 0 Å². The molecule has 0 heterocycles. The molecule has 0 aliphatic rings. The molecule has 2 aromatic carbocycles. The summed E-state index contributed by atoms with van der Waals surface area (Å²) in [7, 11) is 0. The van der Waals surface area contributed by atoms with Gasteiger partial charge < -0.3 is 5.73 Å². The van der Waals surface area contributed by atoms with E-state index in [0.29, 0.717) is 0 Å². The van der Waals surface area contributed by atoms with Gasteiger partial charge in [0, 0.05) is 6.04 Å². The van der Waals surface area contributed by atoms with Crippen molar-refractivity contribution in [1.82, 2.24) is 0 Å². The van der Waals surface area contributed by atoms with Gasteiger partial charge in [-0.2, -0.15) is 0 Å². The first-order valence-electron chi connectivity index (χ1n) is 6.63. The van der Waals surface area contributed by atoms with Gasteiger partial charge in [-0.1, -0.05) is 35.9 Å². The van der Waals surface area contributed by atoms with E-state index in [-0.39, 0.29) is 11.9 Å². The first-order chi connectivity index (χ1) is 9.04. The second-order valence-electron chi connectivity index (χ2n) is 5.20. The Hall–Kier alpha value is -1.67. The Labute approximate surface area is 114 Å². The van der Waals surface area contributed by atoms with E-state index >= 15 is 0 Å². The lowest BCUT2D eigenvalue weighted by Crippen LogP contribution is -2.12. The Morgan fingerprint density at radius 2 is 1.84 bits per heavy atom. The molecule has 0 saturated heterocycles. The van der Waals surface area contributed by atoms with Crippen LogP contribution in [0.3, 0.4) is 0 Å². The van der Waals surface area contributed by atoms with Gasteiger partial charge in [0.1, 0.15) is 5.82 Å². The molecule has 0 bridgehead atoms. The number of rotatable bonds is 4. The van der Waals surface area contributed by atoms with Crippen LogP contribution in [0.15, 0.2) is 42.5 Å². The van der Waals surface area contributed by atoms with Crippen molar-refractivity contribution < 1.29 is 4.39 Å². The van der Waals surface area contributed by atoms with Crippen LogP contribution < -0.4 is 5.73 Å². The van der Waals surface area contributed by atoms with Crippen LogP contribution in [0.2, 0.25) is 0 Å². The molecule has 2 rings (SSSR count). The predicted molar refractivity (Wildman–Crippen MR) is 77.6 cm³/mol. The molecule has 2 heteroatoms. The van der Waals surface area contributed by atoms with Crippen molar-refractivity contribution in [2.24, 2.45) is 5.73 Å². The largest absolute Gasteiger partial charge is 0.324 e. The molecule has 0 aromatic heterocycles. The van der Waals surface area contributed by atoms with Crippen molar-refractivity contribution in [3.63, 3.8) is 0 Å². The van der Waals surface area contributed by atoms with Crippen molar-refractivity contribution in [2.45, 2.75) is 32.7 Å². The highest BCUT2D eigenvalue weighted by atomic mass is 19.1. The van der Waals surface area contributed by atoms with Crippen molar-refractivity contribution in [2.75, 3.05) is 0 Å².